The van der Waals surface area contributed by atoms with Gasteiger partial charge in [-0.3, -0.25) is 0 Å². The fourth-order valence-corrected chi connectivity index (χ4v) is 2.16. The Bertz CT molecular complexity index is 426. The molecule has 6 heteroatoms. The first-order valence-electron chi connectivity index (χ1n) is 5.78. The number of nitrogens with one attached hydrogen (secondary N) is 1. The number of benzene rings is 1. The minimum Gasteiger partial charge on any atom is -0.391 e. The van der Waals surface area contributed by atoms with Crippen molar-refractivity contribution in [1.29, 1.82) is 0 Å². The standard InChI is InChI=1S/C12H13F4NO/c13-6-5-7(14)11(16)12(10(6)15)17-8-3-1-2-4-9(8)18/h5,8-9,17-18H,1-4H2/t8-,9-/m0/s1. The molecule has 1 aromatic carbocycles. The van der Waals surface area contributed by atoms with Gasteiger partial charge in [-0.2, -0.15) is 0 Å². The minimum atomic E-state index is -1.47. The van der Waals surface area contributed by atoms with Gasteiger partial charge in [0.15, 0.2) is 23.3 Å². The largest absolute Gasteiger partial charge is 0.391 e. The summed E-state index contributed by atoms with van der Waals surface area (Å²) in [6.07, 6.45) is 1.83. The van der Waals surface area contributed by atoms with E-state index < -0.39 is 41.1 Å². The van der Waals surface area contributed by atoms with Gasteiger partial charge in [0.1, 0.15) is 5.69 Å². The Kier molecular flexibility index (Phi) is 3.75. The van der Waals surface area contributed by atoms with Crippen LogP contribution in [0.25, 0.3) is 0 Å². The molecule has 0 radical (unpaired) electrons. The summed E-state index contributed by atoms with van der Waals surface area (Å²) in [6.45, 7) is 0. The van der Waals surface area contributed by atoms with Crippen molar-refractivity contribution in [2.24, 2.45) is 0 Å². The molecule has 0 aromatic heterocycles. The molecule has 0 bridgehead atoms. The van der Waals surface area contributed by atoms with Crippen molar-refractivity contribution in [2.75, 3.05) is 5.32 Å². The van der Waals surface area contributed by atoms with E-state index in [0.717, 1.165) is 12.8 Å². The molecule has 0 heterocycles. The van der Waals surface area contributed by atoms with Crippen LogP contribution in [0.15, 0.2) is 6.07 Å². The van der Waals surface area contributed by atoms with Crippen molar-refractivity contribution < 1.29 is 22.7 Å². The van der Waals surface area contributed by atoms with E-state index in [1.54, 1.807) is 0 Å². The van der Waals surface area contributed by atoms with Crippen LogP contribution in [-0.4, -0.2) is 17.3 Å². The van der Waals surface area contributed by atoms with Gasteiger partial charge in [0.05, 0.1) is 12.1 Å². The number of rotatable bonds is 2. The molecule has 2 N–H and O–H groups in total. The molecule has 1 aromatic rings. The van der Waals surface area contributed by atoms with Crippen LogP contribution in [0.2, 0.25) is 0 Å². The molecule has 1 aliphatic carbocycles. The van der Waals surface area contributed by atoms with E-state index in [2.05, 4.69) is 5.32 Å². The van der Waals surface area contributed by atoms with Crippen LogP contribution in [-0.2, 0) is 0 Å². The number of anilines is 1. The lowest BCUT2D eigenvalue weighted by molar-refractivity contribution is 0.116. The fraction of sp³-hybridized carbons (Fsp3) is 0.500. The second-order valence-electron chi connectivity index (χ2n) is 4.45. The van der Waals surface area contributed by atoms with Gasteiger partial charge in [-0.15, -0.1) is 0 Å². The summed E-state index contributed by atoms with van der Waals surface area (Å²) in [4.78, 5) is 0. The average molecular weight is 263 g/mol. The third-order valence-electron chi connectivity index (χ3n) is 3.17. The first-order chi connectivity index (χ1) is 8.50. The Labute approximate surface area is 102 Å². The molecule has 2 rings (SSSR count). The number of aliphatic hydroxyl groups excluding tert-OH is 1. The lowest BCUT2D eigenvalue weighted by Crippen LogP contribution is -2.37. The zero-order chi connectivity index (χ0) is 13.3. The van der Waals surface area contributed by atoms with Gasteiger partial charge >= 0.3 is 0 Å². The van der Waals surface area contributed by atoms with Gasteiger partial charge in [0.2, 0.25) is 0 Å². The maximum absolute atomic E-state index is 13.4. The molecular formula is C12H13F4NO. The van der Waals surface area contributed by atoms with Gasteiger partial charge in [-0.25, -0.2) is 17.6 Å². The molecule has 0 amide bonds. The van der Waals surface area contributed by atoms with Gasteiger partial charge in [0, 0.05) is 6.07 Å². The quantitative estimate of drug-likeness (QED) is 0.635. The summed E-state index contributed by atoms with van der Waals surface area (Å²) in [6, 6.07) is -0.434. The first kappa shape index (κ1) is 13.1. The summed E-state index contributed by atoms with van der Waals surface area (Å²) in [7, 11) is 0. The van der Waals surface area contributed by atoms with E-state index in [1.165, 1.54) is 0 Å². The summed E-state index contributed by atoms with van der Waals surface area (Å²) in [5, 5.41) is 12.0. The average Bonchev–Trinajstić information content (AvgIpc) is 2.34. The van der Waals surface area contributed by atoms with Crippen molar-refractivity contribution in [3.63, 3.8) is 0 Å². The molecule has 0 saturated heterocycles. The minimum absolute atomic E-state index is 0.160. The fourth-order valence-electron chi connectivity index (χ4n) is 2.16. The monoisotopic (exact) mass is 263 g/mol. The van der Waals surface area contributed by atoms with Crippen molar-refractivity contribution in [1.82, 2.24) is 0 Å². The van der Waals surface area contributed by atoms with Gasteiger partial charge in [-0.05, 0) is 12.8 Å². The van der Waals surface area contributed by atoms with Gasteiger partial charge < -0.3 is 10.4 Å². The Morgan fingerprint density at radius 1 is 1.00 bits per heavy atom. The molecule has 0 spiro atoms. The maximum atomic E-state index is 13.4. The second kappa shape index (κ2) is 5.14. The number of halogens is 4. The lowest BCUT2D eigenvalue weighted by Gasteiger charge is -2.29. The Hall–Kier alpha value is -1.30. The molecule has 1 fully saturated rings. The highest BCUT2D eigenvalue weighted by Crippen LogP contribution is 2.28. The Morgan fingerprint density at radius 2 is 1.56 bits per heavy atom. The van der Waals surface area contributed by atoms with E-state index in [-0.39, 0.29) is 6.07 Å². The van der Waals surface area contributed by atoms with E-state index in [9.17, 15) is 22.7 Å². The normalized spacial score (nSPS) is 24.1. The molecule has 1 aliphatic rings. The Morgan fingerprint density at radius 3 is 2.11 bits per heavy atom. The zero-order valence-electron chi connectivity index (χ0n) is 9.52. The van der Waals surface area contributed by atoms with E-state index in [1.807, 2.05) is 0 Å². The smallest absolute Gasteiger partial charge is 0.185 e. The molecular weight excluding hydrogens is 250 g/mol. The van der Waals surface area contributed by atoms with E-state index in [4.69, 9.17) is 0 Å². The van der Waals surface area contributed by atoms with Crippen molar-refractivity contribution in [2.45, 2.75) is 37.8 Å². The molecule has 18 heavy (non-hydrogen) atoms. The van der Waals surface area contributed by atoms with Crippen molar-refractivity contribution in [3.05, 3.63) is 29.3 Å². The van der Waals surface area contributed by atoms with Crippen molar-refractivity contribution in [3.8, 4) is 0 Å². The maximum Gasteiger partial charge on any atom is 0.185 e. The van der Waals surface area contributed by atoms with Crippen LogP contribution >= 0.6 is 0 Å². The third kappa shape index (κ3) is 2.43. The predicted molar refractivity (Wildman–Crippen MR) is 58.2 cm³/mol. The number of aliphatic hydroxyl groups is 1. The molecule has 0 aliphatic heterocycles. The van der Waals surface area contributed by atoms with Crippen LogP contribution in [0.4, 0.5) is 23.2 Å². The summed E-state index contributed by atoms with van der Waals surface area (Å²) >= 11 is 0. The lowest BCUT2D eigenvalue weighted by atomic mass is 9.92. The zero-order valence-corrected chi connectivity index (χ0v) is 9.52. The number of hydrogen-bond acceptors (Lipinski definition) is 2. The topological polar surface area (TPSA) is 32.3 Å². The highest BCUT2D eigenvalue weighted by atomic mass is 19.2. The SMILES string of the molecule is O[C@H]1CCCC[C@@H]1Nc1c(F)c(F)cc(F)c1F. The highest BCUT2D eigenvalue weighted by Gasteiger charge is 2.27. The molecule has 2 nitrogen and oxygen atoms in total. The van der Waals surface area contributed by atoms with Crippen LogP contribution < -0.4 is 5.32 Å². The summed E-state index contributed by atoms with van der Waals surface area (Å²) < 4.78 is 52.8. The summed E-state index contributed by atoms with van der Waals surface area (Å²) in [5.41, 5.74) is -0.849. The molecule has 1 saturated carbocycles. The summed E-state index contributed by atoms with van der Waals surface area (Å²) in [5.74, 6) is -5.85. The first-order valence-corrected chi connectivity index (χ1v) is 5.78. The highest BCUT2D eigenvalue weighted by molar-refractivity contribution is 5.48. The predicted octanol–water partition coefficient (Wildman–Crippen LogP) is 2.96. The molecule has 2 atom stereocenters. The van der Waals surface area contributed by atoms with Crippen LogP contribution in [0.5, 0.6) is 0 Å². The molecule has 0 unspecified atom stereocenters. The Balaban J connectivity index is 2.28. The second-order valence-corrected chi connectivity index (χ2v) is 4.45. The van der Waals surface area contributed by atoms with Gasteiger partial charge in [-0.1, -0.05) is 12.8 Å². The third-order valence-corrected chi connectivity index (χ3v) is 3.17. The molecule has 100 valence electrons. The van der Waals surface area contributed by atoms with E-state index >= 15 is 0 Å². The van der Waals surface area contributed by atoms with Gasteiger partial charge in [0.25, 0.3) is 0 Å². The van der Waals surface area contributed by atoms with Crippen LogP contribution in [0.1, 0.15) is 25.7 Å². The van der Waals surface area contributed by atoms with Crippen molar-refractivity contribution >= 4 is 5.69 Å². The van der Waals surface area contributed by atoms with Crippen LogP contribution in [0, 0.1) is 23.3 Å². The van der Waals surface area contributed by atoms with Crippen LogP contribution in [0.3, 0.4) is 0 Å². The number of hydrogen-bond donors (Lipinski definition) is 2. The van der Waals surface area contributed by atoms with E-state index in [0.29, 0.717) is 12.8 Å².